The first kappa shape index (κ1) is 17.3. The Kier molecular flexibility index (Phi) is 5.46. The first-order chi connectivity index (χ1) is 11.5. The number of nitrogens with zero attached hydrogens (tertiary/aromatic N) is 1. The van der Waals surface area contributed by atoms with Crippen molar-refractivity contribution < 1.29 is 13.6 Å². The van der Waals surface area contributed by atoms with Crippen LogP contribution in [0, 0.1) is 5.92 Å². The topological polar surface area (TPSA) is 44.4 Å². The van der Waals surface area contributed by atoms with Crippen molar-refractivity contribution in [1.82, 2.24) is 15.5 Å². The zero-order valence-electron chi connectivity index (χ0n) is 13.8. The Bertz CT molecular complexity index is 552. The fraction of sp³-hybridized carbons (Fsp3) is 0.611. The maximum Gasteiger partial charge on any atom is 0.262 e. The Morgan fingerprint density at radius 2 is 2.12 bits per heavy atom. The van der Waals surface area contributed by atoms with Crippen LogP contribution >= 0.6 is 0 Å². The average molecular weight is 337 g/mol. The number of carbonyl (C=O) groups is 1. The summed E-state index contributed by atoms with van der Waals surface area (Å²) in [5.74, 6) is -2.65. The van der Waals surface area contributed by atoms with E-state index in [1.54, 1.807) is 0 Å². The Morgan fingerprint density at radius 3 is 2.83 bits per heavy atom. The van der Waals surface area contributed by atoms with E-state index in [4.69, 9.17) is 0 Å². The third kappa shape index (κ3) is 4.74. The van der Waals surface area contributed by atoms with E-state index in [1.165, 1.54) is 5.56 Å². The molecule has 0 radical (unpaired) electrons. The first-order valence-electron chi connectivity index (χ1n) is 8.67. The van der Waals surface area contributed by atoms with Crippen LogP contribution in [-0.4, -0.2) is 55.5 Å². The van der Waals surface area contributed by atoms with Gasteiger partial charge in [-0.2, -0.15) is 0 Å². The molecule has 2 fully saturated rings. The van der Waals surface area contributed by atoms with Gasteiger partial charge >= 0.3 is 0 Å². The van der Waals surface area contributed by atoms with E-state index in [0.717, 1.165) is 32.5 Å². The second-order valence-corrected chi connectivity index (χ2v) is 6.93. The van der Waals surface area contributed by atoms with E-state index in [-0.39, 0.29) is 5.91 Å². The van der Waals surface area contributed by atoms with Crippen molar-refractivity contribution in [3.8, 4) is 0 Å². The Labute approximate surface area is 141 Å². The minimum atomic E-state index is -2.76. The number of nitrogens with one attached hydrogen (secondary N) is 2. The summed E-state index contributed by atoms with van der Waals surface area (Å²) in [5.41, 5.74) is 1.34. The number of likely N-dealkylation sites (tertiary alicyclic amines) is 1. The number of hydrogen-bond acceptors (Lipinski definition) is 3. The highest BCUT2D eigenvalue weighted by molar-refractivity contribution is 5.82. The van der Waals surface area contributed by atoms with Crippen LogP contribution in [0.1, 0.15) is 18.4 Å². The molecular weight excluding hydrogens is 312 g/mol. The highest BCUT2D eigenvalue weighted by Gasteiger charge is 2.42. The summed E-state index contributed by atoms with van der Waals surface area (Å²) < 4.78 is 26.2. The number of alkyl halides is 2. The van der Waals surface area contributed by atoms with E-state index < -0.39 is 24.9 Å². The van der Waals surface area contributed by atoms with Crippen molar-refractivity contribution in [2.45, 2.75) is 31.2 Å². The molecule has 0 bridgehead atoms. The predicted molar refractivity (Wildman–Crippen MR) is 89.1 cm³/mol. The molecule has 0 aromatic heterocycles. The molecule has 2 aliphatic rings. The highest BCUT2D eigenvalue weighted by atomic mass is 19.3. The molecule has 0 saturated carbocycles. The molecule has 2 N–H and O–H groups in total. The van der Waals surface area contributed by atoms with Gasteiger partial charge in [-0.1, -0.05) is 30.3 Å². The lowest BCUT2D eigenvalue weighted by molar-refractivity contribution is -0.123. The largest absolute Gasteiger partial charge is 0.354 e. The number of rotatable bonds is 6. The van der Waals surface area contributed by atoms with E-state index >= 15 is 0 Å². The zero-order chi connectivity index (χ0) is 17.0. The lowest BCUT2D eigenvalue weighted by Gasteiger charge is -2.17. The standard InChI is InChI=1S/C18H25F2N3O/c19-18(20)10-16(22-13-18)17(24)21-11-15-7-9-23(12-15)8-6-14-4-2-1-3-5-14/h1-5,15-16,22H,6-13H2,(H,21,24). The van der Waals surface area contributed by atoms with E-state index in [2.05, 4.69) is 39.8 Å². The fourth-order valence-corrected chi connectivity index (χ4v) is 3.48. The van der Waals surface area contributed by atoms with Gasteiger partial charge in [-0.05, 0) is 30.9 Å². The minimum absolute atomic E-state index is 0.296. The second-order valence-electron chi connectivity index (χ2n) is 6.93. The van der Waals surface area contributed by atoms with Crippen LogP contribution in [0.3, 0.4) is 0 Å². The van der Waals surface area contributed by atoms with Crippen molar-refractivity contribution in [2.24, 2.45) is 5.92 Å². The van der Waals surface area contributed by atoms with Gasteiger partial charge in [-0.3, -0.25) is 10.1 Å². The summed E-state index contributed by atoms with van der Waals surface area (Å²) in [6, 6.07) is 9.65. The van der Waals surface area contributed by atoms with Crippen molar-refractivity contribution in [2.75, 3.05) is 32.7 Å². The second kappa shape index (κ2) is 7.57. The molecule has 0 spiro atoms. The maximum absolute atomic E-state index is 13.1. The molecule has 24 heavy (non-hydrogen) atoms. The Hall–Kier alpha value is -1.53. The molecule has 1 amide bonds. The monoisotopic (exact) mass is 337 g/mol. The van der Waals surface area contributed by atoms with Crippen LogP contribution in [0.5, 0.6) is 0 Å². The van der Waals surface area contributed by atoms with E-state index in [0.29, 0.717) is 12.5 Å². The third-order valence-corrected chi connectivity index (χ3v) is 4.92. The summed E-state index contributed by atoms with van der Waals surface area (Å²) in [6.07, 6.45) is 1.68. The fourth-order valence-electron chi connectivity index (χ4n) is 3.48. The number of hydrogen-bond donors (Lipinski definition) is 2. The van der Waals surface area contributed by atoms with E-state index in [9.17, 15) is 13.6 Å². The van der Waals surface area contributed by atoms with Crippen LogP contribution in [0.25, 0.3) is 0 Å². The maximum atomic E-state index is 13.1. The molecule has 2 saturated heterocycles. The van der Waals surface area contributed by atoms with Gasteiger partial charge in [0.05, 0.1) is 12.6 Å². The lowest BCUT2D eigenvalue weighted by atomic mass is 10.1. The molecular formula is C18H25F2N3O. The third-order valence-electron chi connectivity index (χ3n) is 4.92. The molecule has 3 rings (SSSR count). The zero-order valence-corrected chi connectivity index (χ0v) is 13.8. The SMILES string of the molecule is O=C(NCC1CCN(CCc2ccccc2)C1)C1CC(F)(F)CN1. The smallest absolute Gasteiger partial charge is 0.262 e. The van der Waals surface area contributed by atoms with Gasteiger partial charge in [0, 0.05) is 26.1 Å². The van der Waals surface area contributed by atoms with Crippen molar-refractivity contribution in [1.29, 1.82) is 0 Å². The minimum Gasteiger partial charge on any atom is -0.354 e. The van der Waals surface area contributed by atoms with Gasteiger partial charge in [-0.25, -0.2) is 8.78 Å². The van der Waals surface area contributed by atoms with Crippen LogP contribution in [0.15, 0.2) is 30.3 Å². The number of carbonyl (C=O) groups excluding carboxylic acids is 1. The molecule has 1 aromatic carbocycles. The molecule has 6 heteroatoms. The number of halogens is 2. The number of benzene rings is 1. The lowest BCUT2D eigenvalue weighted by Crippen LogP contribution is -2.42. The molecule has 2 atom stereocenters. The quantitative estimate of drug-likeness (QED) is 0.830. The molecule has 4 nitrogen and oxygen atoms in total. The molecule has 2 heterocycles. The van der Waals surface area contributed by atoms with Gasteiger partial charge in [0.15, 0.2) is 0 Å². The van der Waals surface area contributed by atoms with Crippen molar-refractivity contribution in [3.63, 3.8) is 0 Å². The Morgan fingerprint density at radius 1 is 1.33 bits per heavy atom. The van der Waals surface area contributed by atoms with Gasteiger partial charge in [0.2, 0.25) is 5.91 Å². The van der Waals surface area contributed by atoms with Crippen LogP contribution < -0.4 is 10.6 Å². The molecule has 0 aliphatic carbocycles. The van der Waals surface area contributed by atoms with Gasteiger partial charge in [0.1, 0.15) is 0 Å². The summed E-state index contributed by atoms with van der Waals surface area (Å²) >= 11 is 0. The average Bonchev–Trinajstić information content (AvgIpc) is 3.18. The molecule has 132 valence electrons. The van der Waals surface area contributed by atoms with Crippen molar-refractivity contribution in [3.05, 3.63) is 35.9 Å². The summed E-state index contributed by atoms with van der Waals surface area (Å²) in [6.45, 7) is 3.19. The molecule has 2 unspecified atom stereocenters. The van der Waals surface area contributed by atoms with Crippen molar-refractivity contribution >= 4 is 5.91 Å². The normalized spacial score (nSPS) is 26.6. The van der Waals surface area contributed by atoms with Crippen LogP contribution in [-0.2, 0) is 11.2 Å². The van der Waals surface area contributed by atoms with Gasteiger partial charge in [0.25, 0.3) is 5.92 Å². The van der Waals surface area contributed by atoms with E-state index in [1.807, 2.05) is 6.07 Å². The van der Waals surface area contributed by atoms with Crippen LogP contribution in [0.4, 0.5) is 8.78 Å². The highest BCUT2D eigenvalue weighted by Crippen LogP contribution is 2.25. The summed E-state index contributed by atoms with van der Waals surface area (Å²) in [5, 5.41) is 5.43. The van der Waals surface area contributed by atoms with Gasteiger partial charge < -0.3 is 10.2 Å². The first-order valence-corrected chi connectivity index (χ1v) is 8.67. The van der Waals surface area contributed by atoms with Crippen LogP contribution in [0.2, 0.25) is 0 Å². The summed E-state index contributed by atoms with van der Waals surface area (Å²) in [4.78, 5) is 14.4. The Balaban J connectivity index is 1.35. The molecule has 2 aliphatic heterocycles. The predicted octanol–water partition coefficient (Wildman–Crippen LogP) is 1.66. The number of amides is 1. The molecule has 1 aromatic rings. The van der Waals surface area contributed by atoms with Gasteiger partial charge in [-0.15, -0.1) is 0 Å². The summed E-state index contributed by atoms with van der Waals surface area (Å²) in [7, 11) is 0.